The van der Waals surface area contributed by atoms with E-state index >= 15 is 0 Å². The van der Waals surface area contributed by atoms with Gasteiger partial charge < -0.3 is 10.0 Å². The second kappa shape index (κ2) is 7.88. The van der Waals surface area contributed by atoms with Crippen molar-refractivity contribution >= 4 is 16.7 Å². The molecule has 1 atom stereocenters. The van der Waals surface area contributed by atoms with E-state index in [1.165, 1.54) is 0 Å². The lowest BCUT2D eigenvalue weighted by Gasteiger charge is -2.45. The largest absolute Gasteiger partial charge is 0.387 e. The maximum Gasteiger partial charge on any atom is 0.255 e. The van der Waals surface area contributed by atoms with Gasteiger partial charge in [-0.1, -0.05) is 36.4 Å². The Balaban J connectivity index is 1.54. The Morgan fingerprint density at radius 3 is 2.56 bits per heavy atom. The molecular formula is C26H26N4O2. The van der Waals surface area contributed by atoms with Gasteiger partial charge in [-0.3, -0.25) is 14.3 Å². The van der Waals surface area contributed by atoms with Crippen LogP contribution in [0.5, 0.6) is 0 Å². The molecule has 6 heteroatoms. The number of aliphatic hydroxyl groups excluding tert-OH is 1. The number of aliphatic hydroxyl groups is 1. The quantitative estimate of drug-likeness (QED) is 0.530. The molecule has 0 saturated carbocycles. The minimum Gasteiger partial charge on any atom is -0.387 e. The van der Waals surface area contributed by atoms with Gasteiger partial charge in [0.2, 0.25) is 5.95 Å². The number of hydrogen-bond acceptors (Lipinski definition) is 5. The third-order valence-electron chi connectivity index (χ3n) is 6.40. The average molecular weight is 427 g/mol. The van der Waals surface area contributed by atoms with Gasteiger partial charge in [-0.15, -0.1) is 0 Å². The zero-order valence-corrected chi connectivity index (χ0v) is 18.3. The Morgan fingerprint density at radius 2 is 1.78 bits per heavy atom. The molecule has 0 bridgehead atoms. The van der Waals surface area contributed by atoms with Gasteiger partial charge in [0, 0.05) is 36.1 Å². The Hall–Kier alpha value is -3.51. The van der Waals surface area contributed by atoms with Crippen molar-refractivity contribution < 1.29 is 5.11 Å². The summed E-state index contributed by atoms with van der Waals surface area (Å²) in [5.41, 5.74) is 1.98. The maximum absolute atomic E-state index is 12.9. The first-order valence-corrected chi connectivity index (χ1v) is 10.9. The molecule has 0 fully saturated rings. The van der Waals surface area contributed by atoms with Crippen molar-refractivity contribution in [3.63, 3.8) is 0 Å². The number of β-amino-alcohol motifs (C(OH)–C–C–N with tert-alkyl or cyclic N) is 1. The number of pyridine rings is 1. The smallest absolute Gasteiger partial charge is 0.255 e. The molecule has 6 nitrogen and oxygen atoms in total. The molecule has 0 spiro atoms. The molecule has 2 aromatic carbocycles. The van der Waals surface area contributed by atoms with Gasteiger partial charge in [-0.2, -0.15) is 0 Å². The van der Waals surface area contributed by atoms with Gasteiger partial charge in [-0.25, -0.2) is 4.98 Å². The fourth-order valence-electron chi connectivity index (χ4n) is 4.39. The summed E-state index contributed by atoms with van der Waals surface area (Å²) in [6, 6.07) is 19.4. The third kappa shape index (κ3) is 3.67. The van der Waals surface area contributed by atoms with Gasteiger partial charge in [0.15, 0.2) is 0 Å². The Kier molecular flexibility index (Phi) is 5.02. The molecule has 32 heavy (non-hydrogen) atoms. The predicted molar refractivity (Wildman–Crippen MR) is 127 cm³/mol. The molecule has 0 radical (unpaired) electrons. The van der Waals surface area contributed by atoms with Crippen molar-refractivity contribution in [3.8, 4) is 11.3 Å². The van der Waals surface area contributed by atoms with Crippen molar-refractivity contribution in [2.24, 2.45) is 0 Å². The summed E-state index contributed by atoms with van der Waals surface area (Å²) in [4.78, 5) is 23.9. The lowest BCUT2D eigenvalue weighted by molar-refractivity contribution is 0.169. The minimum absolute atomic E-state index is 0.0810. The normalized spacial score (nSPS) is 16.0. The van der Waals surface area contributed by atoms with Crippen LogP contribution in [-0.4, -0.2) is 31.7 Å². The van der Waals surface area contributed by atoms with E-state index in [9.17, 15) is 9.90 Å². The van der Waals surface area contributed by atoms with Crippen LogP contribution >= 0.6 is 0 Å². The van der Waals surface area contributed by atoms with Crippen LogP contribution in [0.3, 0.4) is 0 Å². The average Bonchev–Trinajstić information content (AvgIpc) is 2.81. The summed E-state index contributed by atoms with van der Waals surface area (Å²) < 4.78 is 1.71. The highest BCUT2D eigenvalue weighted by molar-refractivity contribution is 5.83. The molecule has 0 amide bonds. The number of aromatic nitrogens is 3. The second-order valence-electron chi connectivity index (χ2n) is 8.96. The first-order valence-electron chi connectivity index (χ1n) is 10.9. The van der Waals surface area contributed by atoms with Gasteiger partial charge in [-0.05, 0) is 54.8 Å². The first kappa shape index (κ1) is 20.4. The lowest BCUT2D eigenvalue weighted by atomic mass is 9.94. The van der Waals surface area contributed by atoms with Crippen LogP contribution in [0.4, 0.5) is 5.95 Å². The molecule has 4 aromatic rings. The van der Waals surface area contributed by atoms with Gasteiger partial charge >= 0.3 is 0 Å². The molecule has 162 valence electrons. The topological polar surface area (TPSA) is 71.2 Å². The van der Waals surface area contributed by atoms with Crippen LogP contribution in [0.1, 0.15) is 31.9 Å². The highest BCUT2D eigenvalue weighted by atomic mass is 16.3. The molecule has 3 heterocycles. The number of fused-ring (bicyclic) bond motifs is 2. The van der Waals surface area contributed by atoms with E-state index in [2.05, 4.69) is 29.8 Å². The summed E-state index contributed by atoms with van der Waals surface area (Å²) in [7, 11) is 0. The van der Waals surface area contributed by atoms with Crippen LogP contribution in [0.15, 0.2) is 77.9 Å². The molecule has 0 unspecified atom stereocenters. The third-order valence-corrected chi connectivity index (χ3v) is 6.40. The van der Waals surface area contributed by atoms with E-state index in [0.717, 1.165) is 28.3 Å². The summed E-state index contributed by atoms with van der Waals surface area (Å²) in [5, 5.41) is 13.4. The molecule has 1 N–H and O–H groups in total. The Morgan fingerprint density at radius 1 is 1.03 bits per heavy atom. The van der Waals surface area contributed by atoms with Crippen molar-refractivity contribution in [3.05, 3.63) is 89.0 Å². The van der Waals surface area contributed by atoms with Crippen LogP contribution < -0.4 is 10.5 Å². The predicted octanol–water partition coefficient (Wildman–Crippen LogP) is 4.18. The first-order chi connectivity index (χ1) is 15.4. The highest BCUT2D eigenvalue weighted by Gasteiger charge is 2.36. The lowest BCUT2D eigenvalue weighted by Crippen LogP contribution is -2.53. The van der Waals surface area contributed by atoms with Crippen LogP contribution in [0, 0.1) is 0 Å². The fraction of sp³-hybridized carbons (Fsp3) is 0.269. The van der Waals surface area contributed by atoms with E-state index in [-0.39, 0.29) is 11.1 Å². The maximum atomic E-state index is 12.9. The monoisotopic (exact) mass is 426 g/mol. The zero-order chi connectivity index (χ0) is 22.3. The van der Waals surface area contributed by atoms with Crippen molar-refractivity contribution in [2.75, 3.05) is 11.4 Å². The Labute approximate surface area is 186 Å². The number of nitrogens with zero attached hydrogens (tertiary/aromatic N) is 4. The second-order valence-corrected chi connectivity index (χ2v) is 8.96. The van der Waals surface area contributed by atoms with Crippen LogP contribution in [-0.2, 0) is 6.54 Å². The standard InChI is InChI=1S/C26H26N4O2/c1-26(2)11-14-29-24(32)16-22(19-9-12-27-13-10-19)28-25(29)30(26)17-23(31)21-8-7-18-5-3-4-6-20(18)15-21/h3-10,12-13,15-16,23,31H,11,14,17H2,1-2H3/t23-/m0/s1. The molecule has 5 rings (SSSR count). The molecule has 2 aromatic heterocycles. The Bertz CT molecular complexity index is 1330. The number of anilines is 1. The van der Waals surface area contributed by atoms with Crippen LogP contribution in [0.25, 0.3) is 22.0 Å². The van der Waals surface area contributed by atoms with Gasteiger partial charge in [0.05, 0.1) is 18.3 Å². The van der Waals surface area contributed by atoms with Crippen LogP contribution in [0.2, 0.25) is 0 Å². The van der Waals surface area contributed by atoms with Crippen molar-refractivity contribution in [1.29, 1.82) is 0 Å². The SMILES string of the molecule is CC1(C)CCn2c(nc(-c3ccncc3)cc2=O)N1C[C@H](O)c1ccc2ccccc2c1. The van der Waals surface area contributed by atoms with Gasteiger partial charge in [0.1, 0.15) is 0 Å². The van der Waals surface area contributed by atoms with E-state index < -0.39 is 6.10 Å². The zero-order valence-electron chi connectivity index (χ0n) is 18.3. The highest BCUT2D eigenvalue weighted by Crippen LogP contribution is 2.33. The summed E-state index contributed by atoms with van der Waals surface area (Å²) in [6.07, 6.45) is 3.46. The number of hydrogen-bond donors (Lipinski definition) is 1. The fourth-order valence-corrected chi connectivity index (χ4v) is 4.39. The molecule has 0 aliphatic carbocycles. The van der Waals surface area contributed by atoms with E-state index in [1.807, 2.05) is 48.5 Å². The molecule has 1 aliphatic rings. The summed E-state index contributed by atoms with van der Waals surface area (Å²) in [5.74, 6) is 0.598. The van der Waals surface area contributed by atoms with Gasteiger partial charge in [0.25, 0.3) is 5.56 Å². The van der Waals surface area contributed by atoms with Crippen molar-refractivity contribution in [1.82, 2.24) is 14.5 Å². The molecular weight excluding hydrogens is 400 g/mol. The van der Waals surface area contributed by atoms with Crippen molar-refractivity contribution in [2.45, 2.75) is 38.5 Å². The molecule has 0 saturated heterocycles. The molecule has 1 aliphatic heterocycles. The summed E-state index contributed by atoms with van der Waals surface area (Å²) >= 11 is 0. The summed E-state index contributed by atoms with van der Waals surface area (Å²) in [6.45, 7) is 5.22. The minimum atomic E-state index is -0.716. The number of rotatable bonds is 4. The number of benzene rings is 2. The van der Waals surface area contributed by atoms with E-state index in [0.29, 0.717) is 24.7 Å². The van der Waals surface area contributed by atoms with E-state index in [4.69, 9.17) is 4.98 Å². The van der Waals surface area contributed by atoms with E-state index in [1.54, 1.807) is 23.0 Å².